The second-order valence-corrected chi connectivity index (χ2v) is 10.4. The molecule has 2 unspecified atom stereocenters. The highest BCUT2D eigenvalue weighted by Crippen LogP contribution is 2.32. The Bertz CT molecular complexity index is 1660. The van der Waals surface area contributed by atoms with Gasteiger partial charge in [0.05, 0.1) is 28.6 Å². The first-order valence-electron chi connectivity index (χ1n) is 14.6. The van der Waals surface area contributed by atoms with Crippen LogP contribution in [0.25, 0.3) is 16.6 Å². The zero-order valence-electron chi connectivity index (χ0n) is 24.0. The Labute approximate surface area is 242 Å². The number of para-hydroxylation sites is 1. The third-order valence-electron chi connectivity index (χ3n) is 7.85. The third kappa shape index (κ3) is 5.85. The molecule has 1 heterocycles. The average molecular weight is 544 g/mol. The van der Waals surface area contributed by atoms with Crippen molar-refractivity contribution in [1.82, 2.24) is 14.5 Å². The monoisotopic (exact) mass is 543 g/mol. The second-order valence-electron chi connectivity index (χ2n) is 10.4. The predicted octanol–water partition coefficient (Wildman–Crippen LogP) is 7.62. The van der Waals surface area contributed by atoms with Crippen molar-refractivity contribution in [3.05, 3.63) is 142 Å². The number of aromatic nitrogens is 2. The van der Waals surface area contributed by atoms with Gasteiger partial charge in [0.2, 0.25) is 5.91 Å². The van der Waals surface area contributed by atoms with Gasteiger partial charge in [0.15, 0.2) is 0 Å². The minimum atomic E-state index is -0.427. The first-order chi connectivity index (χ1) is 20.0. The van der Waals surface area contributed by atoms with E-state index in [1.165, 1.54) is 5.56 Å². The highest BCUT2D eigenvalue weighted by molar-refractivity contribution is 5.84. The molecule has 208 valence electrons. The first-order valence-corrected chi connectivity index (χ1v) is 14.6. The molecule has 4 aromatic carbocycles. The number of rotatable bonds is 10. The Morgan fingerprint density at radius 1 is 0.756 bits per heavy atom. The van der Waals surface area contributed by atoms with Crippen molar-refractivity contribution < 1.29 is 4.79 Å². The van der Waals surface area contributed by atoms with Crippen molar-refractivity contribution in [1.29, 1.82) is 0 Å². The van der Waals surface area contributed by atoms with Crippen LogP contribution in [0.1, 0.15) is 68.1 Å². The van der Waals surface area contributed by atoms with Crippen LogP contribution in [0.4, 0.5) is 0 Å². The van der Waals surface area contributed by atoms with Crippen molar-refractivity contribution in [3.63, 3.8) is 0 Å². The molecule has 0 aliphatic heterocycles. The Hall–Kier alpha value is -4.51. The lowest BCUT2D eigenvalue weighted by Crippen LogP contribution is -2.40. The summed E-state index contributed by atoms with van der Waals surface area (Å²) in [6.07, 6.45) is 2.18. The van der Waals surface area contributed by atoms with Crippen molar-refractivity contribution in [2.45, 2.75) is 58.5 Å². The largest absolute Gasteiger partial charge is 0.328 e. The molecule has 0 bridgehead atoms. The number of hydrogen-bond donors (Lipinski definition) is 0. The zero-order valence-corrected chi connectivity index (χ0v) is 24.0. The average Bonchev–Trinajstić information content (AvgIpc) is 3.02. The summed E-state index contributed by atoms with van der Waals surface area (Å²) in [6.45, 7) is 6.64. The first kappa shape index (κ1) is 28.0. The van der Waals surface area contributed by atoms with Gasteiger partial charge in [-0.05, 0) is 60.2 Å². The second kappa shape index (κ2) is 12.8. The van der Waals surface area contributed by atoms with Crippen LogP contribution >= 0.6 is 0 Å². The number of amides is 1. The van der Waals surface area contributed by atoms with Gasteiger partial charge in [-0.2, -0.15) is 0 Å². The van der Waals surface area contributed by atoms with Crippen LogP contribution in [0.5, 0.6) is 0 Å². The highest BCUT2D eigenvalue weighted by Gasteiger charge is 2.33. The van der Waals surface area contributed by atoms with Crippen LogP contribution < -0.4 is 5.56 Å². The Morgan fingerprint density at radius 3 is 2.02 bits per heavy atom. The molecule has 1 aromatic heterocycles. The molecule has 0 aliphatic rings. The fourth-order valence-corrected chi connectivity index (χ4v) is 5.61. The molecule has 0 aliphatic carbocycles. The fraction of sp³-hybridized carbons (Fsp3) is 0.250. The third-order valence-corrected chi connectivity index (χ3v) is 7.85. The van der Waals surface area contributed by atoms with E-state index in [0.29, 0.717) is 36.1 Å². The van der Waals surface area contributed by atoms with Gasteiger partial charge >= 0.3 is 0 Å². The van der Waals surface area contributed by atoms with Crippen LogP contribution in [0, 0.1) is 0 Å². The molecule has 5 aromatic rings. The maximum absolute atomic E-state index is 14.5. The Kier molecular flexibility index (Phi) is 8.73. The number of carbonyl (C=O) groups is 1. The van der Waals surface area contributed by atoms with Gasteiger partial charge in [0, 0.05) is 6.54 Å². The van der Waals surface area contributed by atoms with E-state index in [9.17, 15) is 9.59 Å². The van der Waals surface area contributed by atoms with E-state index in [4.69, 9.17) is 4.98 Å². The molecular weight excluding hydrogens is 506 g/mol. The molecule has 1 amide bonds. The van der Waals surface area contributed by atoms with Crippen molar-refractivity contribution >= 4 is 16.8 Å². The van der Waals surface area contributed by atoms with E-state index in [0.717, 1.165) is 23.2 Å². The predicted molar refractivity (Wildman–Crippen MR) is 166 cm³/mol. The molecule has 5 heteroatoms. The SMILES string of the molecule is CCc1ccc(-n2c(C(CC)N(Cc3ccccc3)C(=O)C(CC)c3ccccc3)nc3ccccc3c2=O)cc1. The molecule has 5 nitrogen and oxygen atoms in total. The van der Waals surface area contributed by atoms with Gasteiger partial charge in [0.1, 0.15) is 5.82 Å². The van der Waals surface area contributed by atoms with Crippen molar-refractivity contribution in [2.24, 2.45) is 0 Å². The Morgan fingerprint density at radius 2 is 1.39 bits per heavy atom. The topological polar surface area (TPSA) is 55.2 Å². The van der Waals surface area contributed by atoms with E-state index in [-0.39, 0.29) is 17.4 Å². The number of carbonyl (C=O) groups excluding carboxylic acids is 1. The lowest BCUT2D eigenvalue weighted by molar-refractivity contribution is -0.136. The molecule has 0 saturated heterocycles. The summed E-state index contributed by atoms with van der Waals surface area (Å²) in [5.41, 5.74) is 4.47. The molecule has 0 radical (unpaired) electrons. The van der Waals surface area contributed by atoms with Gasteiger partial charge in [-0.25, -0.2) is 4.98 Å². The molecule has 2 atom stereocenters. The van der Waals surface area contributed by atoms with Crippen molar-refractivity contribution in [2.75, 3.05) is 0 Å². The van der Waals surface area contributed by atoms with E-state index >= 15 is 0 Å². The van der Waals surface area contributed by atoms with E-state index < -0.39 is 6.04 Å². The lowest BCUT2D eigenvalue weighted by atomic mass is 9.93. The van der Waals surface area contributed by atoms with Gasteiger partial charge < -0.3 is 4.90 Å². The molecule has 5 rings (SSSR count). The van der Waals surface area contributed by atoms with Gasteiger partial charge in [-0.15, -0.1) is 0 Å². The van der Waals surface area contributed by atoms with Crippen LogP contribution in [-0.2, 0) is 17.8 Å². The van der Waals surface area contributed by atoms with Gasteiger partial charge in [-0.1, -0.05) is 106 Å². The fourth-order valence-electron chi connectivity index (χ4n) is 5.61. The highest BCUT2D eigenvalue weighted by atomic mass is 16.2. The maximum Gasteiger partial charge on any atom is 0.266 e. The number of benzene rings is 4. The van der Waals surface area contributed by atoms with Gasteiger partial charge in [-0.3, -0.25) is 14.2 Å². The van der Waals surface area contributed by atoms with E-state index in [1.807, 2.05) is 102 Å². The standard InChI is InChI=1S/C36H37N3O2/c1-4-26-21-23-29(24-22-26)39-34(37-32-20-14-13-19-31(32)36(39)41)33(6-3)38(25-27-15-9-7-10-16-27)35(40)30(5-2)28-17-11-8-12-18-28/h7-24,30,33H,4-6,25H2,1-3H3. The smallest absolute Gasteiger partial charge is 0.266 e. The minimum Gasteiger partial charge on any atom is -0.328 e. The molecule has 0 saturated carbocycles. The van der Waals surface area contributed by atoms with Crippen LogP contribution in [0.3, 0.4) is 0 Å². The van der Waals surface area contributed by atoms with E-state index in [1.54, 1.807) is 4.57 Å². The normalized spacial score (nSPS) is 12.7. The molecule has 0 N–H and O–H groups in total. The summed E-state index contributed by atoms with van der Waals surface area (Å²) in [5, 5.41) is 0.558. The molecular formula is C36H37N3O2. The number of aryl methyl sites for hydroxylation is 1. The number of hydrogen-bond acceptors (Lipinski definition) is 3. The summed E-state index contributed by atoms with van der Waals surface area (Å²) in [6, 6.07) is 35.1. The number of fused-ring (bicyclic) bond motifs is 1. The zero-order chi connectivity index (χ0) is 28.8. The molecule has 41 heavy (non-hydrogen) atoms. The van der Waals surface area contributed by atoms with Crippen LogP contribution in [0.2, 0.25) is 0 Å². The van der Waals surface area contributed by atoms with Crippen molar-refractivity contribution in [3.8, 4) is 5.69 Å². The molecule has 0 fully saturated rings. The van der Waals surface area contributed by atoms with E-state index in [2.05, 4.69) is 32.9 Å². The van der Waals surface area contributed by atoms with Crippen LogP contribution in [-0.4, -0.2) is 20.4 Å². The Balaban J connectivity index is 1.71. The summed E-state index contributed by atoms with van der Waals surface area (Å²) in [4.78, 5) is 35.7. The number of nitrogens with zero attached hydrogens (tertiary/aromatic N) is 3. The minimum absolute atomic E-state index is 0.0321. The quantitative estimate of drug-likeness (QED) is 0.182. The summed E-state index contributed by atoms with van der Waals surface area (Å²) in [7, 11) is 0. The summed E-state index contributed by atoms with van der Waals surface area (Å²) >= 11 is 0. The summed E-state index contributed by atoms with van der Waals surface area (Å²) < 4.78 is 1.71. The maximum atomic E-state index is 14.5. The molecule has 0 spiro atoms. The summed E-state index contributed by atoms with van der Waals surface area (Å²) in [5.74, 6) is 0.302. The van der Waals surface area contributed by atoms with Crippen LogP contribution in [0.15, 0.2) is 114 Å². The van der Waals surface area contributed by atoms with Gasteiger partial charge in [0.25, 0.3) is 5.56 Å². The lowest BCUT2D eigenvalue weighted by Gasteiger charge is -2.35.